The summed E-state index contributed by atoms with van der Waals surface area (Å²) in [5.41, 5.74) is 0.927. The molecule has 1 fully saturated rings. The highest BCUT2D eigenvalue weighted by Crippen LogP contribution is 2.22. The highest BCUT2D eigenvalue weighted by atomic mass is 35.5. The summed E-state index contributed by atoms with van der Waals surface area (Å²) in [6, 6.07) is 5.53. The smallest absolute Gasteiger partial charge is 0.142 e. The third-order valence-corrected chi connectivity index (χ3v) is 3.72. The molecule has 0 aliphatic carbocycles. The molecule has 1 saturated heterocycles. The average molecular weight is 272 g/mol. The quantitative estimate of drug-likeness (QED) is 0.905. The Bertz CT molecular complexity index is 413. The number of ether oxygens (including phenoxy) is 1. The normalized spacial score (nSPS) is 26.0. The van der Waals surface area contributed by atoms with E-state index in [0.717, 1.165) is 25.0 Å². The first kappa shape index (κ1) is 13.8. The van der Waals surface area contributed by atoms with Crippen molar-refractivity contribution in [1.82, 2.24) is 5.32 Å². The Balaban J connectivity index is 1.98. The lowest BCUT2D eigenvalue weighted by Gasteiger charge is -2.30. The van der Waals surface area contributed by atoms with Crippen LogP contribution in [-0.4, -0.2) is 18.8 Å². The maximum atomic E-state index is 13.4. The molecule has 1 aromatic rings. The van der Waals surface area contributed by atoms with Gasteiger partial charge < -0.3 is 10.1 Å². The van der Waals surface area contributed by atoms with E-state index in [1.807, 2.05) is 13.0 Å². The van der Waals surface area contributed by atoms with Crippen molar-refractivity contribution in [3.8, 4) is 0 Å². The van der Waals surface area contributed by atoms with Gasteiger partial charge in [-0.25, -0.2) is 4.39 Å². The first-order chi connectivity index (χ1) is 8.56. The number of hydrogen-bond donors (Lipinski definition) is 1. The molecular formula is C14H19ClFNO. The molecule has 18 heavy (non-hydrogen) atoms. The van der Waals surface area contributed by atoms with Crippen LogP contribution in [0, 0.1) is 5.82 Å². The molecule has 4 heteroatoms. The Hall–Kier alpha value is -0.640. The third kappa shape index (κ3) is 3.44. The van der Waals surface area contributed by atoms with E-state index < -0.39 is 0 Å². The maximum Gasteiger partial charge on any atom is 0.142 e. The Morgan fingerprint density at radius 3 is 2.94 bits per heavy atom. The molecule has 3 unspecified atom stereocenters. The fourth-order valence-corrected chi connectivity index (χ4v) is 2.50. The number of halogens is 2. The van der Waals surface area contributed by atoms with Gasteiger partial charge in [-0.15, -0.1) is 0 Å². The van der Waals surface area contributed by atoms with E-state index in [1.54, 1.807) is 6.07 Å². The molecule has 1 heterocycles. The largest absolute Gasteiger partial charge is 0.378 e. The van der Waals surface area contributed by atoms with Crippen LogP contribution in [0.3, 0.4) is 0 Å². The monoisotopic (exact) mass is 271 g/mol. The molecule has 0 aromatic heterocycles. The zero-order valence-corrected chi connectivity index (χ0v) is 11.5. The van der Waals surface area contributed by atoms with Gasteiger partial charge in [0, 0.05) is 18.7 Å². The van der Waals surface area contributed by atoms with Gasteiger partial charge in [0.15, 0.2) is 0 Å². The van der Waals surface area contributed by atoms with Crippen LogP contribution < -0.4 is 5.32 Å². The van der Waals surface area contributed by atoms with Crippen LogP contribution in [0.1, 0.15) is 38.3 Å². The molecule has 1 N–H and O–H groups in total. The third-order valence-electron chi connectivity index (χ3n) is 3.41. The van der Waals surface area contributed by atoms with E-state index >= 15 is 0 Å². The first-order valence-corrected chi connectivity index (χ1v) is 6.76. The molecule has 1 aliphatic rings. The molecule has 0 amide bonds. The van der Waals surface area contributed by atoms with Crippen LogP contribution in [0.4, 0.5) is 4.39 Å². The molecule has 0 bridgehead atoms. The lowest BCUT2D eigenvalue weighted by atomic mass is 10.0. The Labute approximate surface area is 112 Å². The number of rotatable bonds is 3. The van der Waals surface area contributed by atoms with Gasteiger partial charge in [-0.3, -0.25) is 0 Å². The van der Waals surface area contributed by atoms with Gasteiger partial charge in [-0.2, -0.15) is 0 Å². The van der Waals surface area contributed by atoms with Crippen molar-refractivity contribution in [2.24, 2.45) is 0 Å². The summed E-state index contributed by atoms with van der Waals surface area (Å²) in [5, 5.41) is 3.69. The van der Waals surface area contributed by atoms with Crippen molar-refractivity contribution in [3.63, 3.8) is 0 Å². The van der Waals surface area contributed by atoms with Crippen molar-refractivity contribution >= 4 is 11.6 Å². The summed E-state index contributed by atoms with van der Waals surface area (Å²) >= 11 is 5.68. The van der Waals surface area contributed by atoms with Crippen LogP contribution in [0.2, 0.25) is 5.02 Å². The number of benzene rings is 1. The Morgan fingerprint density at radius 2 is 2.28 bits per heavy atom. The average Bonchev–Trinajstić information content (AvgIpc) is 2.32. The minimum absolute atomic E-state index is 0.118. The van der Waals surface area contributed by atoms with Crippen molar-refractivity contribution in [2.45, 2.75) is 44.9 Å². The minimum atomic E-state index is -0.358. The molecule has 2 rings (SSSR count). The van der Waals surface area contributed by atoms with E-state index in [2.05, 4.69) is 12.2 Å². The van der Waals surface area contributed by atoms with Crippen molar-refractivity contribution in [2.75, 3.05) is 6.61 Å². The second kappa shape index (κ2) is 6.00. The van der Waals surface area contributed by atoms with Gasteiger partial charge >= 0.3 is 0 Å². The molecule has 1 aromatic carbocycles. The molecule has 0 saturated carbocycles. The van der Waals surface area contributed by atoms with Gasteiger partial charge in [0.1, 0.15) is 5.82 Å². The van der Waals surface area contributed by atoms with Gasteiger partial charge in [0.2, 0.25) is 0 Å². The summed E-state index contributed by atoms with van der Waals surface area (Å²) in [6.45, 7) is 4.92. The van der Waals surface area contributed by atoms with Crippen LogP contribution in [0.5, 0.6) is 0 Å². The van der Waals surface area contributed by atoms with E-state index in [4.69, 9.17) is 16.3 Å². The molecular weight excluding hydrogens is 253 g/mol. The summed E-state index contributed by atoms with van der Waals surface area (Å²) in [7, 11) is 0. The summed E-state index contributed by atoms with van der Waals surface area (Å²) in [6.07, 6.45) is 2.30. The Kier molecular flexibility index (Phi) is 4.60. The summed E-state index contributed by atoms with van der Waals surface area (Å²) in [4.78, 5) is 0. The lowest BCUT2D eigenvalue weighted by molar-refractivity contribution is 0.0116. The van der Waals surface area contributed by atoms with E-state index in [1.165, 1.54) is 6.07 Å². The predicted octanol–water partition coefficient (Wildman–Crippen LogP) is 3.70. The lowest BCUT2D eigenvalue weighted by Crippen LogP contribution is -2.39. The first-order valence-electron chi connectivity index (χ1n) is 6.39. The molecule has 100 valence electrons. The minimum Gasteiger partial charge on any atom is -0.378 e. The SMILES string of the molecule is CC1CC(NC(C)c2ccc(Cl)c(F)c2)CCO1. The fourth-order valence-electron chi connectivity index (χ4n) is 2.38. The van der Waals surface area contributed by atoms with E-state index in [9.17, 15) is 4.39 Å². The second-order valence-corrected chi connectivity index (χ2v) is 5.37. The van der Waals surface area contributed by atoms with Gasteiger partial charge in [0.05, 0.1) is 11.1 Å². The highest BCUT2D eigenvalue weighted by Gasteiger charge is 2.21. The van der Waals surface area contributed by atoms with Crippen LogP contribution in [0.15, 0.2) is 18.2 Å². The molecule has 0 radical (unpaired) electrons. The van der Waals surface area contributed by atoms with E-state index in [0.29, 0.717) is 12.1 Å². The zero-order valence-electron chi connectivity index (χ0n) is 10.7. The molecule has 2 nitrogen and oxygen atoms in total. The zero-order chi connectivity index (χ0) is 13.1. The van der Waals surface area contributed by atoms with Crippen molar-refractivity contribution in [3.05, 3.63) is 34.6 Å². The van der Waals surface area contributed by atoms with Crippen LogP contribution >= 0.6 is 11.6 Å². The van der Waals surface area contributed by atoms with Gasteiger partial charge in [-0.1, -0.05) is 17.7 Å². The fraction of sp³-hybridized carbons (Fsp3) is 0.571. The molecule has 1 aliphatic heterocycles. The van der Waals surface area contributed by atoms with Crippen LogP contribution in [0.25, 0.3) is 0 Å². The summed E-state index contributed by atoms with van der Waals surface area (Å²) < 4.78 is 18.9. The highest BCUT2D eigenvalue weighted by molar-refractivity contribution is 6.30. The molecule has 3 atom stereocenters. The summed E-state index contributed by atoms with van der Waals surface area (Å²) in [5.74, 6) is -0.358. The maximum absolute atomic E-state index is 13.4. The van der Waals surface area contributed by atoms with E-state index in [-0.39, 0.29) is 16.9 Å². The topological polar surface area (TPSA) is 21.3 Å². The van der Waals surface area contributed by atoms with Crippen LogP contribution in [-0.2, 0) is 4.74 Å². The second-order valence-electron chi connectivity index (χ2n) is 4.96. The van der Waals surface area contributed by atoms with Crippen molar-refractivity contribution in [1.29, 1.82) is 0 Å². The molecule has 0 spiro atoms. The standard InChI is InChI=1S/C14H19ClFNO/c1-9-7-12(5-6-18-9)17-10(2)11-3-4-13(15)14(16)8-11/h3-4,8-10,12,17H,5-7H2,1-2H3. The predicted molar refractivity (Wildman–Crippen MR) is 71.4 cm³/mol. The Morgan fingerprint density at radius 1 is 1.50 bits per heavy atom. The van der Waals surface area contributed by atoms with Gasteiger partial charge in [-0.05, 0) is 44.4 Å². The number of nitrogens with one attached hydrogen (secondary N) is 1. The van der Waals surface area contributed by atoms with Crippen molar-refractivity contribution < 1.29 is 9.13 Å². The van der Waals surface area contributed by atoms with Gasteiger partial charge in [0.25, 0.3) is 0 Å². The number of hydrogen-bond acceptors (Lipinski definition) is 2.